The lowest BCUT2D eigenvalue weighted by molar-refractivity contribution is 0.289. The van der Waals surface area contributed by atoms with Gasteiger partial charge in [0.05, 0.1) is 18.0 Å². The topological polar surface area (TPSA) is 48.5 Å². The second kappa shape index (κ2) is 8.74. The molecule has 0 atom stereocenters. The quantitative estimate of drug-likeness (QED) is 0.562. The fourth-order valence-electron chi connectivity index (χ4n) is 2.90. The molecule has 5 nitrogen and oxygen atoms in total. The molecule has 0 spiro atoms. The molecule has 0 aliphatic rings. The highest BCUT2D eigenvalue weighted by atomic mass is 16.5. The molecule has 5 heteroatoms. The van der Waals surface area contributed by atoms with E-state index in [1.54, 1.807) is 10.9 Å². The van der Waals surface area contributed by atoms with E-state index in [4.69, 9.17) is 4.74 Å². The summed E-state index contributed by atoms with van der Waals surface area (Å²) in [6.07, 6.45) is 2.75. The fourth-order valence-corrected chi connectivity index (χ4v) is 2.90. The molecule has 3 rings (SSSR count). The number of ether oxygens (including phenoxy) is 1. The van der Waals surface area contributed by atoms with Crippen LogP contribution in [0.5, 0.6) is 5.75 Å². The van der Waals surface area contributed by atoms with Crippen LogP contribution in [-0.2, 0) is 7.05 Å². The van der Waals surface area contributed by atoms with E-state index >= 15 is 0 Å². The van der Waals surface area contributed by atoms with Crippen LogP contribution in [0.15, 0.2) is 64.4 Å². The number of hydrogen-bond donors (Lipinski definition) is 0. The van der Waals surface area contributed by atoms with Crippen molar-refractivity contribution in [1.82, 2.24) is 9.36 Å². The molecule has 0 amide bonds. The number of aromatic nitrogens is 2. The van der Waals surface area contributed by atoms with Crippen molar-refractivity contribution in [2.75, 3.05) is 6.61 Å². The van der Waals surface area contributed by atoms with E-state index in [1.165, 1.54) is 0 Å². The molecule has 2 aromatic carbocycles. The molecule has 0 unspecified atom stereocenters. The molecule has 0 fully saturated rings. The summed E-state index contributed by atoms with van der Waals surface area (Å²) in [6.45, 7) is 6.98. The standard InChI is InChI=1S/C23H27N3O2/c1-17(2)14-15-28-21-12-10-19(11-13-21)16-24-22-18(3)25(4)26(23(22)27)20-8-6-5-7-9-20/h5-13,16-17H,14-15H2,1-4H3. The fraction of sp³-hybridized carbons (Fsp3) is 0.304. The van der Waals surface area contributed by atoms with Crippen molar-refractivity contribution in [3.8, 4) is 11.4 Å². The Morgan fingerprint density at radius 2 is 1.75 bits per heavy atom. The number of nitrogens with zero attached hydrogens (tertiary/aromatic N) is 3. The van der Waals surface area contributed by atoms with Crippen LogP contribution in [0.25, 0.3) is 5.69 Å². The lowest BCUT2D eigenvalue weighted by Crippen LogP contribution is -2.19. The van der Waals surface area contributed by atoms with Crippen LogP contribution >= 0.6 is 0 Å². The van der Waals surface area contributed by atoms with Crippen molar-refractivity contribution in [3.63, 3.8) is 0 Å². The first-order valence-electron chi connectivity index (χ1n) is 9.58. The molecule has 28 heavy (non-hydrogen) atoms. The van der Waals surface area contributed by atoms with Crippen LogP contribution in [0.2, 0.25) is 0 Å². The van der Waals surface area contributed by atoms with Crippen molar-refractivity contribution in [2.24, 2.45) is 18.0 Å². The van der Waals surface area contributed by atoms with Crippen LogP contribution in [-0.4, -0.2) is 22.2 Å². The zero-order chi connectivity index (χ0) is 20.1. The summed E-state index contributed by atoms with van der Waals surface area (Å²) in [5, 5.41) is 0. The summed E-state index contributed by atoms with van der Waals surface area (Å²) in [7, 11) is 1.87. The predicted molar refractivity (Wildman–Crippen MR) is 114 cm³/mol. The first-order valence-corrected chi connectivity index (χ1v) is 9.58. The zero-order valence-corrected chi connectivity index (χ0v) is 16.9. The molecule has 146 valence electrons. The Kier molecular flexibility index (Phi) is 6.14. The van der Waals surface area contributed by atoms with Crippen molar-refractivity contribution in [2.45, 2.75) is 27.2 Å². The Balaban J connectivity index is 1.79. The number of benzene rings is 2. The molecule has 1 aromatic heterocycles. The minimum atomic E-state index is -0.129. The lowest BCUT2D eigenvalue weighted by atomic mass is 10.1. The van der Waals surface area contributed by atoms with Gasteiger partial charge in [0.15, 0.2) is 5.69 Å². The van der Waals surface area contributed by atoms with Gasteiger partial charge in [-0.25, -0.2) is 9.67 Å². The second-order valence-electron chi connectivity index (χ2n) is 7.27. The molecule has 1 heterocycles. The van der Waals surface area contributed by atoms with E-state index in [9.17, 15) is 4.79 Å². The van der Waals surface area contributed by atoms with Crippen LogP contribution in [0.3, 0.4) is 0 Å². The van der Waals surface area contributed by atoms with Gasteiger partial charge >= 0.3 is 0 Å². The molecule has 0 aliphatic heterocycles. The Bertz CT molecular complexity index is 997. The number of rotatable bonds is 7. The minimum Gasteiger partial charge on any atom is -0.494 e. The van der Waals surface area contributed by atoms with Gasteiger partial charge < -0.3 is 4.74 Å². The second-order valence-corrected chi connectivity index (χ2v) is 7.27. The average Bonchev–Trinajstić information content (AvgIpc) is 2.90. The van der Waals surface area contributed by atoms with Crippen molar-refractivity contribution < 1.29 is 4.74 Å². The van der Waals surface area contributed by atoms with E-state index in [1.807, 2.05) is 73.3 Å². The van der Waals surface area contributed by atoms with E-state index < -0.39 is 0 Å². The third-order valence-electron chi connectivity index (χ3n) is 4.71. The number of para-hydroxylation sites is 1. The molecule has 0 aliphatic carbocycles. The van der Waals surface area contributed by atoms with E-state index in [0.29, 0.717) is 18.2 Å². The Hall–Kier alpha value is -3.08. The van der Waals surface area contributed by atoms with Gasteiger partial charge in [-0.15, -0.1) is 0 Å². The molecule has 0 radical (unpaired) electrons. The zero-order valence-electron chi connectivity index (χ0n) is 16.9. The van der Waals surface area contributed by atoms with Gasteiger partial charge in [0, 0.05) is 13.3 Å². The molecular weight excluding hydrogens is 350 g/mol. The van der Waals surface area contributed by atoms with Gasteiger partial charge in [0.1, 0.15) is 5.75 Å². The SMILES string of the molecule is Cc1c(N=Cc2ccc(OCCC(C)C)cc2)c(=O)n(-c2ccccc2)n1C. The van der Waals surface area contributed by atoms with Crippen molar-refractivity contribution in [1.29, 1.82) is 0 Å². The molecule has 0 saturated carbocycles. The van der Waals surface area contributed by atoms with Crippen molar-refractivity contribution >= 4 is 11.9 Å². The maximum atomic E-state index is 12.9. The van der Waals surface area contributed by atoms with E-state index in [2.05, 4.69) is 18.8 Å². The summed E-state index contributed by atoms with van der Waals surface area (Å²) < 4.78 is 9.20. The van der Waals surface area contributed by atoms with Gasteiger partial charge in [-0.05, 0) is 61.2 Å². The first kappa shape index (κ1) is 19.7. The molecule has 0 bridgehead atoms. The predicted octanol–water partition coefficient (Wildman–Crippen LogP) is 4.66. The normalized spacial score (nSPS) is 11.5. The summed E-state index contributed by atoms with van der Waals surface area (Å²) >= 11 is 0. The Morgan fingerprint density at radius 3 is 2.39 bits per heavy atom. The highest BCUT2D eigenvalue weighted by Crippen LogP contribution is 2.17. The third kappa shape index (κ3) is 4.42. The van der Waals surface area contributed by atoms with Crippen molar-refractivity contribution in [3.05, 3.63) is 76.2 Å². The molecular formula is C23H27N3O2. The molecule has 0 N–H and O–H groups in total. The minimum absolute atomic E-state index is 0.129. The molecule has 0 saturated heterocycles. The summed E-state index contributed by atoms with van der Waals surface area (Å²) in [4.78, 5) is 17.3. The van der Waals surface area contributed by atoms with Crippen LogP contribution in [0.1, 0.15) is 31.5 Å². The Morgan fingerprint density at radius 1 is 1.07 bits per heavy atom. The number of aliphatic imine (C=N–C) groups is 1. The number of hydrogen-bond acceptors (Lipinski definition) is 3. The van der Waals surface area contributed by atoms with Crippen LogP contribution < -0.4 is 10.3 Å². The largest absolute Gasteiger partial charge is 0.494 e. The van der Waals surface area contributed by atoms with Gasteiger partial charge in [-0.3, -0.25) is 9.48 Å². The van der Waals surface area contributed by atoms with E-state index in [0.717, 1.165) is 29.1 Å². The monoisotopic (exact) mass is 377 g/mol. The summed E-state index contributed by atoms with van der Waals surface area (Å²) in [6, 6.07) is 17.3. The third-order valence-corrected chi connectivity index (χ3v) is 4.71. The summed E-state index contributed by atoms with van der Waals surface area (Å²) in [5.41, 5.74) is 2.88. The van der Waals surface area contributed by atoms with Crippen LogP contribution in [0.4, 0.5) is 5.69 Å². The van der Waals surface area contributed by atoms with Gasteiger partial charge in [-0.2, -0.15) is 0 Å². The van der Waals surface area contributed by atoms with Gasteiger partial charge in [0.25, 0.3) is 5.56 Å². The average molecular weight is 377 g/mol. The highest BCUT2D eigenvalue weighted by Gasteiger charge is 2.14. The smallest absolute Gasteiger partial charge is 0.297 e. The Labute approximate surface area is 165 Å². The van der Waals surface area contributed by atoms with Gasteiger partial charge in [0.2, 0.25) is 0 Å². The van der Waals surface area contributed by atoms with Gasteiger partial charge in [-0.1, -0.05) is 32.0 Å². The maximum Gasteiger partial charge on any atom is 0.297 e. The highest BCUT2D eigenvalue weighted by molar-refractivity contribution is 5.82. The molecule has 3 aromatic rings. The summed E-state index contributed by atoms with van der Waals surface area (Å²) in [5.74, 6) is 1.47. The maximum absolute atomic E-state index is 12.9. The van der Waals surface area contributed by atoms with Crippen LogP contribution in [0, 0.1) is 12.8 Å². The first-order chi connectivity index (χ1) is 13.5. The van der Waals surface area contributed by atoms with E-state index in [-0.39, 0.29) is 5.56 Å². The lowest BCUT2D eigenvalue weighted by Gasteiger charge is -2.07.